The van der Waals surface area contributed by atoms with Crippen LogP contribution in [0.2, 0.25) is 0 Å². The van der Waals surface area contributed by atoms with E-state index in [0.717, 1.165) is 12.1 Å². The third kappa shape index (κ3) is 5.50. The van der Waals surface area contributed by atoms with E-state index in [1.165, 1.54) is 18.2 Å². The van der Waals surface area contributed by atoms with Gasteiger partial charge >= 0.3 is 6.36 Å². The van der Waals surface area contributed by atoms with E-state index < -0.39 is 12.3 Å². The van der Waals surface area contributed by atoms with Crippen LogP contribution in [0.15, 0.2) is 30.3 Å². The Hall–Kier alpha value is -3.48. The Bertz CT molecular complexity index is 861. The molecule has 7 nitrogen and oxygen atoms in total. The SMILES string of the molecule is CCOc1nc(C(=O)NCc2ccc(OC(F)(F)F)cc2)cc(N)c1C#N. The maximum Gasteiger partial charge on any atom is 0.573 e. The lowest BCUT2D eigenvalue weighted by atomic mass is 10.2. The molecule has 3 N–H and O–H groups in total. The highest BCUT2D eigenvalue weighted by Gasteiger charge is 2.30. The van der Waals surface area contributed by atoms with Crippen molar-refractivity contribution in [3.63, 3.8) is 0 Å². The van der Waals surface area contributed by atoms with Crippen molar-refractivity contribution in [2.75, 3.05) is 12.3 Å². The molecule has 27 heavy (non-hydrogen) atoms. The number of nitrogens with one attached hydrogen (secondary N) is 1. The molecule has 142 valence electrons. The van der Waals surface area contributed by atoms with E-state index in [1.54, 1.807) is 6.92 Å². The number of nitrogens with two attached hydrogens (primary N) is 1. The number of carbonyl (C=O) groups is 1. The lowest BCUT2D eigenvalue weighted by Gasteiger charge is -2.11. The summed E-state index contributed by atoms with van der Waals surface area (Å²) < 4.78 is 45.4. The van der Waals surface area contributed by atoms with E-state index in [9.17, 15) is 18.0 Å². The van der Waals surface area contributed by atoms with E-state index >= 15 is 0 Å². The molecule has 0 radical (unpaired) electrons. The third-order valence-electron chi connectivity index (χ3n) is 3.25. The molecule has 1 amide bonds. The van der Waals surface area contributed by atoms with Crippen molar-refractivity contribution in [2.24, 2.45) is 0 Å². The second-order valence-electron chi connectivity index (χ2n) is 5.20. The maximum atomic E-state index is 12.2. The van der Waals surface area contributed by atoms with Gasteiger partial charge in [-0.25, -0.2) is 4.98 Å². The molecule has 0 bridgehead atoms. The molecule has 0 fully saturated rings. The molecular weight excluding hydrogens is 365 g/mol. The zero-order valence-electron chi connectivity index (χ0n) is 14.1. The number of rotatable bonds is 6. The number of amides is 1. The largest absolute Gasteiger partial charge is 0.573 e. The minimum atomic E-state index is -4.77. The highest BCUT2D eigenvalue weighted by atomic mass is 19.4. The Kier molecular flexibility index (Phi) is 6.07. The molecular formula is C17H15F3N4O3. The van der Waals surface area contributed by atoms with Crippen LogP contribution in [0.4, 0.5) is 18.9 Å². The van der Waals surface area contributed by atoms with E-state index in [4.69, 9.17) is 15.7 Å². The van der Waals surface area contributed by atoms with Crippen LogP contribution < -0.4 is 20.5 Å². The van der Waals surface area contributed by atoms with Crippen molar-refractivity contribution in [3.05, 3.63) is 47.2 Å². The van der Waals surface area contributed by atoms with E-state index in [2.05, 4.69) is 15.0 Å². The standard InChI is InChI=1S/C17H15F3N4O3/c1-2-26-16-12(8-21)13(22)7-14(24-16)15(25)23-9-10-3-5-11(6-4-10)27-17(18,19)20/h3-7H,2,9H2,1H3,(H2,22,24)(H,23,25). The van der Waals surface area contributed by atoms with Crippen LogP contribution in [0, 0.1) is 11.3 Å². The average molecular weight is 380 g/mol. The number of benzene rings is 1. The highest BCUT2D eigenvalue weighted by Crippen LogP contribution is 2.24. The number of aromatic nitrogens is 1. The van der Waals surface area contributed by atoms with Crippen LogP contribution in [0.3, 0.4) is 0 Å². The zero-order chi connectivity index (χ0) is 20.0. The second kappa shape index (κ2) is 8.27. The molecule has 0 saturated heterocycles. The number of anilines is 1. The number of nitriles is 1. The second-order valence-corrected chi connectivity index (χ2v) is 5.20. The Morgan fingerprint density at radius 2 is 2.00 bits per heavy atom. The monoisotopic (exact) mass is 380 g/mol. The van der Waals surface area contributed by atoms with Crippen LogP contribution in [0.5, 0.6) is 11.6 Å². The molecule has 2 aromatic rings. The molecule has 1 aromatic carbocycles. The summed E-state index contributed by atoms with van der Waals surface area (Å²) in [5.41, 5.74) is 6.33. The van der Waals surface area contributed by atoms with Crippen LogP contribution >= 0.6 is 0 Å². The molecule has 2 rings (SSSR count). The first-order valence-corrected chi connectivity index (χ1v) is 7.69. The first kappa shape index (κ1) is 19.8. The summed E-state index contributed by atoms with van der Waals surface area (Å²) in [6.45, 7) is 1.97. The lowest BCUT2D eigenvalue weighted by Crippen LogP contribution is -2.24. The van der Waals surface area contributed by atoms with Crippen molar-refractivity contribution < 1.29 is 27.4 Å². The number of alkyl halides is 3. The number of carbonyl (C=O) groups excluding carboxylic acids is 1. The zero-order valence-corrected chi connectivity index (χ0v) is 14.1. The number of hydrogen-bond acceptors (Lipinski definition) is 6. The Labute approximate surface area is 152 Å². The van der Waals surface area contributed by atoms with Gasteiger partial charge in [0, 0.05) is 6.54 Å². The fourth-order valence-electron chi connectivity index (χ4n) is 2.09. The number of pyridine rings is 1. The van der Waals surface area contributed by atoms with Gasteiger partial charge in [-0.15, -0.1) is 13.2 Å². The van der Waals surface area contributed by atoms with E-state index in [1.807, 2.05) is 6.07 Å². The Balaban J connectivity index is 2.06. The van der Waals surface area contributed by atoms with Crippen molar-refractivity contribution in [1.29, 1.82) is 5.26 Å². The predicted molar refractivity (Wildman–Crippen MR) is 88.8 cm³/mol. The average Bonchev–Trinajstić information content (AvgIpc) is 2.59. The van der Waals surface area contributed by atoms with Crippen LogP contribution in [-0.4, -0.2) is 23.9 Å². The predicted octanol–water partition coefficient (Wildman–Crippen LogP) is 2.76. The van der Waals surface area contributed by atoms with Crippen molar-refractivity contribution >= 4 is 11.6 Å². The minimum absolute atomic E-state index is 0.0358. The Morgan fingerprint density at radius 3 is 2.56 bits per heavy atom. The molecule has 0 aliphatic carbocycles. The third-order valence-corrected chi connectivity index (χ3v) is 3.25. The normalized spacial score (nSPS) is 10.8. The maximum absolute atomic E-state index is 12.2. The van der Waals surface area contributed by atoms with Gasteiger partial charge < -0.3 is 20.5 Å². The smallest absolute Gasteiger partial charge is 0.477 e. The van der Waals surface area contributed by atoms with Gasteiger partial charge in [-0.2, -0.15) is 5.26 Å². The van der Waals surface area contributed by atoms with Gasteiger partial charge in [0.15, 0.2) is 0 Å². The van der Waals surface area contributed by atoms with Gasteiger partial charge in [-0.05, 0) is 30.7 Å². The molecule has 10 heteroatoms. The summed E-state index contributed by atoms with van der Waals surface area (Å²) in [7, 11) is 0. The fraction of sp³-hybridized carbons (Fsp3) is 0.235. The first-order chi connectivity index (χ1) is 12.7. The van der Waals surface area contributed by atoms with Crippen molar-refractivity contribution in [1.82, 2.24) is 10.3 Å². The minimum Gasteiger partial charge on any atom is -0.477 e. The molecule has 0 unspecified atom stereocenters. The topological polar surface area (TPSA) is 110 Å². The van der Waals surface area contributed by atoms with Crippen molar-refractivity contribution in [2.45, 2.75) is 19.8 Å². The van der Waals surface area contributed by atoms with Gasteiger partial charge in [-0.3, -0.25) is 4.79 Å². The van der Waals surface area contributed by atoms with E-state index in [-0.39, 0.29) is 41.7 Å². The van der Waals surface area contributed by atoms with Gasteiger partial charge in [0.2, 0.25) is 5.88 Å². The van der Waals surface area contributed by atoms with Crippen molar-refractivity contribution in [3.8, 4) is 17.7 Å². The van der Waals surface area contributed by atoms with Crippen LogP contribution in [0.25, 0.3) is 0 Å². The van der Waals surface area contributed by atoms with Gasteiger partial charge in [-0.1, -0.05) is 12.1 Å². The molecule has 0 spiro atoms. The molecule has 0 aliphatic rings. The summed E-state index contributed by atoms with van der Waals surface area (Å²) in [6, 6.07) is 8.15. The number of hydrogen-bond donors (Lipinski definition) is 2. The van der Waals surface area contributed by atoms with Crippen LogP contribution in [0.1, 0.15) is 28.5 Å². The summed E-state index contributed by atoms with van der Waals surface area (Å²) in [5, 5.41) is 11.6. The van der Waals surface area contributed by atoms with Gasteiger partial charge in [0.1, 0.15) is 23.1 Å². The van der Waals surface area contributed by atoms with E-state index in [0.29, 0.717) is 5.56 Å². The molecule has 1 heterocycles. The Morgan fingerprint density at radius 1 is 1.33 bits per heavy atom. The van der Waals surface area contributed by atoms with Gasteiger partial charge in [0.05, 0.1) is 12.3 Å². The fourth-order valence-corrected chi connectivity index (χ4v) is 2.09. The number of halogens is 3. The molecule has 0 aliphatic heterocycles. The quantitative estimate of drug-likeness (QED) is 0.797. The summed E-state index contributed by atoms with van der Waals surface area (Å²) in [5.74, 6) is -0.984. The molecule has 1 aromatic heterocycles. The van der Waals surface area contributed by atoms with Crippen LogP contribution in [-0.2, 0) is 6.54 Å². The first-order valence-electron chi connectivity index (χ1n) is 7.69. The lowest BCUT2D eigenvalue weighted by molar-refractivity contribution is -0.274. The summed E-state index contributed by atoms with van der Waals surface area (Å²) in [4.78, 5) is 16.2. The highest BCUT2D eigenvalue weighted by molar-refractivity contribution is 5.93. The molecule has 0 atom stereocenters. The summed E-state index contributed by atoms with van der Waals surface area (Å²) in [6.07, 6.45) is -4.77. The number of ether oxygens (including phenoxy) is 2. The number of nitrogen functional groups attached to an aromatic ring is 1. The molecule has 0 saturated carbocycles. The number of nitrogens with zero attached hydrogens (tertiary/aromatic N) is 2. The van der Waals surface area contributed by atoms with Gasteiger partial charge in [0.25, 0.3) is 5.91 Å². The summed E-state index contributed by atoms with van der Waals surface area (Å²) >= 11 is 0.